The molecule has 6 rings (SSSR count). The number of sulfonamides is 1. The molecule has 2 fully saturated rings. The number of hydrogen-bond donors (Lipinski definition) is 1. The second kappa shape index (κ2) is 10.7. The zero-order valence-electron chi connectivity index (χ0n) is 23.2. The first-order valence-electron chi connectivity index (χ1n) is 13.9. The lowest BCUT2D eigenvalue weighted by Crippen LogP contribution is -2.51. The molecule has 7 nitrogen and oxygen atoms in total. The molecule has 1 saturated carbocycles. The summed E-state index contributed by atoms with van der Waals surface area (Å²) < 4.78 is 94.9. The smallest absolute Gasteiger partial charge is 0.346 e. The van der Waals surface area contributed by atoms with Gasteiger partial charge in [-0.2, -0.15) is 13.2 Å². The Morgan fingerprint density at radius 2 is 1.77 bits per heavy atom. The highest BCUT2D eigenvalue weighted by Gasteiger charge is 2.60. The summed E-state index contributed by atoms with van der Waals surface area (Å²) in [6.45, 7) is 1.39. The number of benzene rings is 2. The first-order chi connectivity index (χ1) is 20.3. The Hall–Kier alpha value is -3.32. The van der Waals surface area contributed by atoms with E-state index in [4.69, 9.17) is 0 Å². The van der Waals surface area contributed by atoms with Crippen LogP contribution in [0.5, 0.6) is 0 Å². The zero-order valence-corrected chi connectivity index (χ0v) is 24.8. The molecule has 3 aliphatic rings. The number of alkyl halides is 3. The van der Waals surface area contributed by atoms with E-state index in [0.29, 0.717) is 41.3 Å². The van der Waals surface area contributed by atoms with E-state index in [1.165, 1.54) is 29.4 Å². The van der Waals surface area contributed by atoms with Gasteiger partial charge in [0.2, 0.25) is 0 Å². The van der Waals surface area contributed by atoms with Gasteiger partial charge in [0.15, 0.2) is 0 Å². The number of hydrogen-bond acceptors (Lipinski definition) is 5. The van der Waals surface area contributed by atoms with Gasteiger partial charge in [-0.1, -0.05) is 0 Å². The second-order valence-corrected chi connectivity index (χ2v) is 15.0. The largest absolute Gasteiger partial charge is 0.417 e. The Balaban J connectivity index is 1.36. The fourth-order valence-corrected chi connectivity index (χ4v) is 9.64. The van der Waals surface area contributed by atoms with Crippen LogP contribution in [-0.4, -0.2) is 41.1 Å². The molecule has 2 aliphatic heterocycles. The Labute approximate surface area is 249 Å². The molecule has 0 radical (unpaired) electrons. The summed E-state index contributed by atoms with van der Waals surface area (Å²) in [4.78, 5) is 17.2. The van der Waals surface area contributed by atoms with Crippen LogP contribution in [0.4, 0.5) is 23.2 Å². The van der Waals surface area contributed by atoms with Crippen LogP contribution < -0.4 is 9.62 Å². The van der Waals surface area contributed by atoms with Crippen LogP contribution in [0.3, 0.4) is 0 Å². The minimum atomic E-state index is -4.53. The molecule has 13 heteroatoms. The minimum Gasteiger partial charge on any atom is -0.346 e. The predicted molar refractivity (Wildman–Crippen MR) is 153 cm³/mol. The van der Waals surface area contributed by atoms with Crippen LogP contribution in [-0.2, 0) is 39.0 Å². The second-order valence-electron chi connectivity index (χ2n) is 11.4. The number of fused-ring (bicyclic) bond motifs is 2. The van der Waals surface area contributed by atoms with Crippen molar-refractivity contribution in [2.45, 2.75) is 61.7 Å². The van der Waals surface area contributed by atoms with E-state index >= 15 is 0 Å². The monoisotopic (exact) mass is 635 g/mol. The van der Waals surface area contributed by atoms with Gasteiger partial charge < -0.3 is 5.32 Å². The van der Waals surface area contributed by atoms with Gasteiger partial charge in [0, 0.05) is 39.5 Å². The van der Waals surface area contributed by atoms with Crippen molar-refractivity contribution in [2.75, 3.05) is 15.8 Å². The van der Waals surface area contributed by atoms with Gasteiger partial charge in [0.25, 0.3) is 15.9 Å². The summed E-state index contributed by atoms with van der Waals surface area (Å²) in [6.07, 6.45) is -1.14. The third kappa shape index (κ3) is 5.34. The maximum absolute atomic E-state index is 14.1. The van der Waals surface area contributed by atoms with E-state index in [1.54, 1.807) is 12.1 Å². The number of pyridine rings is 1. The number of halogens is 4. The van der Waals surface area contributed by atoms with E-state index in [1.807, 2.05) is 0 Å². The standard InChI is InChI=1S/C30H29F4N3O4S2/c1-18-14-21(30(32,33)34)16-35-25(18)17-36-28(38)20-4-9-26-24(15-20)29(10-12-42(39)13-11-29)27(19-2-3-19)37(26)43(40,41)23-7-5-22(31)6-8-23/h4-9,14-16,19,27H,2-3,10-13,17H2,1H3,(H,36,38). The predicted octanol–water partition coefficient (Wildman–Crippen LogP) is 5.25. The molecule has 1 aliphatic carbocycles. The van der Waals surface area contributed by atoms with Crippen LogP contribution in [0, 0.1) is 18.7 Å². The van der Waals surface area contributed by atoms with Crippen molar-refractivity contribution in [3.05, 3.63) is 88.5 Å². The van der Waals surface area contributed by atoms with E-state index in [2.05, 4.69) is 10.3 Å². The van der Waals surface area contributed by atoms with Crippen molar-refractivity contribution >= 4 is 32.4 Å². The fraction of sp³-hybridized carbons (Fsp3) is 0.400. The number of aryl methyl sites for hydroxylation is 1. The van der Waals surface area contributed by atoms with Gasteiger partial charge in [-0.15, -0.1) is 0 Å². The van der Waals surface area contributed by atoms with Crippen LogP contribution in [0.1, 0.15) is 58.4 Å². The Morgan fingerprint density at radius 1 is 1.09 bits per heavy atom. The quantitative estimate of drug-likeness (QED) is 0.374. The number of carbonyl (C=O) groups is 1. The van der Waals surface area contributed by atoms with Crippen LogP contribution >= 0.6 is 0 Å². The number of anilines is 1. The summed E-state index contributed by atoms with van der Waals surface area (Å²) in [5.41, 5.74) is 0.465. The molecule has 3 heterocycles. The fourth-order valence-electron chi connectivity index (χ4n) is 6.45. The lowest BCUT2D eigenvalue weighted by molar-refractivity contribution is -0.137. The Kier molecular flexibility index (Phi) is 7.39. The van der Waals surface area contributed by atoms with Crippen LogP contribution in [0.2, 0.25) is 0 Å². The first-order valence-corrected chi connectivity index (χ1v) is 16.8. The van der Waals surface area contributed by atoms with E-state index in [9.17, 15) is 35.0 Å². The number of carbonyl (C=O) groups excluding carboxylic acids is 1. The molecule has 1 aromatic heterocycles. The molecular formula is C30H29F4N3O4S2. The zero-order chi connectivity index (χ0) is 30.7. The molecule has 1 amide bonds. The van der Waals surface area contributed by atoms with E-state index < -0.39 is 55.7 Å². The third-order valence-electron chi connectivity index (χ3n) is 8.77. The number of amides is 1. The van der Waals surface area contributed by atoms with E-state index in [-0.39, 0.29) is 28.5 Å². The number of nitrogens with one attached hydrogen (secondary N) is 1. The lowest BCUT2D eigenvalue weighted by Gasteiger charge is -2.41. The van der Waals surface area contributed by atoms with E-state index in [0.717, 1.165) is 37.2 Å². The number of rotatable bonds is 6. The normalized spacial score (nSPS) is 23.8. The van der Waals surface area contributed by atoms with Crippen molar-refractivity contribution < 1.29 is 35.0 Å². The van der Waals surface area contributed by atoms with Gasteiger partial charge in [0.05, 0.1) is 34.4 Å². The molecule has 1 spiro atoms. The maximum atomic E-state index is 14.1. The Morgan fingerprint density at radius 3 is 2.37 bits per heavy atom. The minimum absolute atomic E-state index is 0.0387. The SMILES string of the molecule is Cc1cc(C(F)(F)F)cnc1CNC(=O)c1ccc2c(c1)C1(CCS(=O)CC1)C(C1CC1)N2S(=O)(=O)c1ccc(F)cc1. The average Bonchev–Trinajstić information content (AvgIpc) is 3.76. The highest BCUT2D eigenvalue weighted by atomic mass is 32.2. The lowest BCUT2D eigenvalue weighted by atomic mass is 9.70. The van der Waals surface area contributed by atoms with Crippen LogP contribution in [0.15, 0.2) is 59.6 Å². The van der Waals surface area contributed by atoms with Crippen molar-refractivity contribution in [2.24, 2.45) is 5.92 Å². The maximum Gasteiger partial charge on any atom is 0.417 e. The highest BCUT2D eigenvalue weighted by Crippen LogP contribution is 2.59. The number of nitrogens with zero attached hydrogens (tertiary/aromatic N) is 2. The van der Waals surface area contributed by atoms with Crippen molar-refractivity contribution in [3.63, 3.8) is 0 Å². The first kappa shape index (κ1) is 29.7. The molecule has 2 aromatic carbocycles. The van der Waals surface area contributed by atoms with Crippen molar-refractivity contribution in [3.8, 4) is 0 Å². The molecule has 1 saturated heterocycles. The summed E-state index contributed by atoms with van der Waals surface area (Å²) >= 11 is 0. The third-order valence-corrected chi connectivity index (χ3v) is 11.9. The van der Waals surface area contributed by atoms with Crippen molar-refractivity contribution in [1.29, 1.82) is 0 Å². The molecule has 1 atom stereocenters. The molecule has 228 valence electrons. The number of aromatic nitrogens is 1. The summed E-state index contributed by atoms with van der Waals surface area (Å²) in [6, 6.07) is 10.1. The van der Waals surface area contributed by atoms with Gasteiger partial charge in [-0.05, 0) is 98.2 Å². The summed E-state index contributed by atoms with van der Waals surface area (Å²) in [5.74, 6) is -0.144. The average molecular weight is 636 g/mol. The van der Waals surface area contributed by atoms with Gasteiger partial charge in [-0.25, -0.2) is 12.8 Å². The molecule has 1 unspecified atom stereocenters. The highest BCUT2D eigenvalue weighted by molar-refractivity contribution is 7.93. The molecular weight excluding hydrogens is 606 g/mol. The van der Waals surface area contributed by atoms with Crippen LogP contribution in [0.25, 0.3) is 0 Å². The molecule has 1 N–H and O–H groups in total. The van der Waals surface area contributed by atoms with Crippen molar-refractivity contribution in [1.82, 2.24) is 10.3 Å². The molecule has 3 aromatic rings. The molecule has 0 bridgehead atoms. The Bertz CT molecular complexity index is 1710. The van der Waals surface area contributed by atoms with Gasteiger partial charge in [0.1, 0.15) is 5.82 Å². The molecule has 43 heavy (non-hydrogen) atoms. The summed E-state index contributed by atoms with van der Waals surface area (Å²) in [7, 11) is -5.14. The summed E-state index contributed by atoms with van der Waals surface area (Å²) in [5, 5.41) is 2.72. The van der Waals surface area contributed by atoms with Gasteiger partial charge in [-0.3, -0.25) is 18.3 Å². The van der Waals surface area contributed by atoms with Gasteiger partial charge >= 0.3 is 6.18 Å². The topological polar surface area (TPSA) is 96.4 Å².